The maximum absolute atomic E-state index is 3.64. The van der Waals surface area contributed by atoms with Gasteiger partial charge < -0.3 is 4.90 Å². The summed E-state index contributed by atoms with van der Waals surface area (Å²) >= 11 is 7.21. The molecule has 0 amide bonds. The second-order valence-corrected chi connectivity index (χ2v) is 5.58. The number of aromatic nitrogens is 1. The van der Waals surface area contributed by atoms with Gasteiger partial charge in [0.1, 0.15) is 0 Å². The van der Waals surface area contributed by atoms with Crippen LogP contribution in [0.2, 0.25) is 0 Å². The number of fused-ring (bicyclic) bond motifs is 1. The Morgan fingerprint density at radius 2 is 1.94 bits per heavy atom. The molecule has 16 heavy (non-hydrogen) atoms. The van der Waals surface area contributed by atoms with Gasteiger partial charge in [0.25, 0.3) is 0 Å². The fourth-order valence-electron chi connectivity index (χ4n) is 1.81. The van der Waals surface area contributed by atoms with Crippen LogP contribution in [0.5, 0.6) is 0 Å². The van der Waals surface area contributed by atoms with Crippen LogP contribution in [0.3, 0.4) is 0 Å². The van der Waals surface area contributed by atoms with Gasteiger partial charge in [0, 0.05) is 11.9 Å². The molecule has 0 radical (unpaired) electrons. The Morgan fingerprint density at radius 3 is 2.62 bits per heavy atom. The van der Waals surface area contributed by atoms with E-state index < -0.39 is 0 Å². The zero-order chi connectivity index (χ0) is 11.7. The smallest absolute Gasteiger partial charge is 0.0995 e. The molecular weight excluding hydrogens is 332 g/mol. The van der Waals surface area contributed by atoms with E-state index in [4.69, 9.17) is 0 Å². The highest BCUT2D eigenvalue weighted by Crippen LogP contribution is 2.32. The molecule has 0 unspecified atom stereocenters. The van der Waals surface area contributed by atoms with Crippen molar-refractivity contribution in [3.63, 3.8) is 0 Å². The van der Waals surface area contributed by atoms with E-state index in [9.17, 15) is 0 Å². The van der Waals surface area contributed by atoms with Gasteiger partial charge in [-0.25, -0.2) is 0 Å². The minimum Gasteiger partial charge on any atom is -0.309 e. The summed E-state index contributed by atoms with van der Waals surface area (Å²) in [4.78, 5) is 2.20. The monoisotopic (exact) mass is 344 g/mol. The number of hydrogen-bond donors (Lipinski definition) is 0. The van der Waals surface area contributed by atoms with Crippen LogP contribution in [0.1, 0.15) is 5.56 Å². The normalized spacial score (nSPS) is 11.6. The van der Waals surface area contributed by atoms with Gasteiger partial charge in [-0.3, -0.25) is 3.59 Å². The van der Waals surface area contributed by atoms with Crippen LogP contribution >= 0.6 is 32.1 Å². The predicted molar refractivity (Wildman–Crippen MR) is 76.2 cm³/mol. The lowest BCUT2D eigenvalue weighted by atomic mass is 10.1. The largest absolute Gasteiger partial charge is 0.309 e. The molecule has 86 valence electrons. The van der Waals surface area contributed by atoms with E-state index in [0.717, 1.165) is 17.6 Å². The maximum Gasteiger partial charge on any atom is 0.0995 e. The molecule has 0 bridgehead atoms. The summed E-state index contributed by atoms with van der Waals surface area (Å²) in [6.45, 7) is 1.06. The zero-order valence-corrected chi connectivity index (χ0v) is 12.5. The minimum absolute atomic E-state index is 1.05. The van der Waals surface area contributed by atoms with E-state index in [2.05, 4.69) is 75.3 Å². The van der Waals surface area contributed by atoms with E-state index in [1.54, 1.807) is 0 Å². The van der Waals surface area contributed by atoms with Crippen LogP contribution in [-0.4, -0.2) is 29.1 Å². The number of para-hydroxylation sites is 1. The molecule has 0 fully saturated rings. The molecule has 0 aliphatic rings. The first-order chi connectivity index (χ1) is 7.61. The Bertz CT molecular complexity index is 503. The number of rotatable bonds is 3. The van der Waals surface area contributed by atoms with Crippen molar-refractivity contribution in [3.8, 4) is 0 Å². The Morgan fingerprint density at radius 1 is 1.25 bits per heavy atom. The molecule has 1 aromatic heterocycles. The summed E-state index contributed by atoms with van der Waals surface area (Å²) in [7, 11) is 4.20. The first-order valence-electron chi connectivity index (χ1n) is 5.20. The van der Waals surface area contributed by atoms with E-state index in [0.29, 0.717) is 0 Å². The lowest BCUT2D eigenvalue weighted by Gasteiger charge is -2.08. The molecule has 0 aliphatic carbocycles. The van der Waals surface area contributed by atoms with Crippen molar-refractivity contribution in [1.82, 2.24) is 8.49 Å². The number of hydrogen-bond acceptors (Lipinski definition) is 1. The second-order valence-electron chi connectivity index (χ2n) is 4.12. The fraction of sp³-hybridized carbons (Fsp3) is 0.333. The third kappa shape index (κ3) is 2.19. The third-order valence-electron chi connectivity index (χ3n) is 2.67. The Hall–Kier alpha value is -0.320. The van der Waals surface area contributed by atoms with Gasteiger partial charge in [-0.2, -0.15) is 0 Å². The van der Waals surface area contributed by atoms with Crippen LogP contribution in [-0.2, 0) is 6.42 Å². The topological polar surface area (TPSA) is 8.17 Å². The number of halogens is 2. The maximum atomic E-state index is 3.64. The van der Waals surface area contributed by atoms with Crippen molar-refractivity contribution >= 4 is 43.0 Å². The molecule has 0 saturated carbocycles. The highest BCUT2D eigenvalue weighted by atomic mass is 79.9. The molecule has 1 aromatic carbocycles. The van der Waals surface area contributed by atoms with Gasteiger partial charge in [-0.05, 0) is 48.1 Å². The first kappa shape index (κ1) is 12.1. The van der Waals surface area contributed by atoms with Crippen LogP contribution in [0, 0.1) is 0 Å². The molecular formula is C12H14Br2N2. The lowest BCUT2D eigenvalue weighted by molar-refractivity contribution is 0.414. The average Bonchev–Trinajstić information content (AvgIpc) is 2.50. The summed E-state index contributed by atoms with van der Waals surface area (Å²) in [5, 5.41) is 1.31. The SMILES string of the molecule is CN(C)CCc1c(Br)n(Br)c2ccccc12. The Kier molecular flexibility index (Phi) is 3.72. The van der Waals surface area contributed by atoms with E-state index in [-0.39, 0.29) is 0 Å². The summed E-state index contributed by atoms with van der Waals surface area (Å²) < 4.78 is 3.14. The number of likely N-dealkylation sites (N-methyl/N-ethyl adjacent to an activating group) is 1. The van der Waals surface area contributed by atoms with E-state index >= 15 is 0 Å². The van der Waals surface area contributed by atoms with Crippen LogP contribution in [0.25, 0.3) is 10.9 Å². The number of nitrogens with zero attached hydrogens (tertiary/aromatic N) is 2. The van der Waals surface area contributed by atoms with Gasteiger partial charge in [0.15, 0.2) is 0 Å². The van der Waals surface area contributed by atoms with Gasteiger partial charge in [0.05, 0.1) is 26.3 Å². The number of benzene rings is 1. The van der Waals surface area contributed by atoms with E-state index in [1.807, 2.05) is 3.59 Å². The summed E-state index contributed by atoms with van der Waals surface area (Å²) in [5.41, 5.74) is 2.57. The second kappa shape index (κ2) is 4.90. The van der Waals surface area contributed by atoms with Crippen LogP contribution in [0.4, 0.5) is 0 Å². The predicted octanol–water partition coefficient (Wildman–Crippen LogP) is 3.67. The molecule has 2 rings (SSSR count). The van der Waals surface area contributed by atoms with Crippen molar-refractivity contribution in [1.29, 1.82) is 0 Å². The first-order valence-corrected chi connectivity index (χ1v) is 6.70. The minimum atomic E-state index is 1.05. The van der Waals surface area contributed by atoms with Gasteiger partial charge in [-0.15, -0.1) is 0 Å². The van der Waals surface area contributed by atoms with Crippen molar-refractivity contribution < 1.29 is 0 Å². The molecule has 4 heteroatoms. The van der Waals surface area contributed by atoms with Crippen molar-refractivity contribution in [2.45, 2.75) is 6.42 Å². The highest BCUT2D eigenvalue weighted by molar-refractivity contribution is 9.12. The summed E-state index contributed by atoms with van der Waals surface area (Å²) in [6.07, 6.45) is 1.05. The van der Waals surface area contributed by atoms with Crippen molar-refractivity contribution in [2.24, 2.45) is 0 Å². The van der Waals surface area contributed by atoms with Crippen molar-refractivity contribution in [3.05, 3.63) is 34.4 Å². The molecule has 0 N–H and O–H groups in total. The van der Waals surface area contributed by atoms with Crippen molar-refractivity contribution in [2.75, 3.05) is 20.6 Å². The van der Waals surface area contributed by atoms with Crippen LogP contribution < -0.4 is 0 Å². The fourth-order valence-corrected chi connectivity index (χ4v) is 2.93. The van der Waals surface area contributed by atoms with E-state index in [1.165, 1.54) is 16.5 Å². The lowest BCUT2D eigenvalue weighted by Crippen LogP contribution is -2.15. The summed E-state index contributed by atoms with van der Waals surface area (Å²) in [6, 6.07) is 8.43. The Balaban J connectivity index is 2.47. The molecule has 2 nitrogen and oxygen atoms in total. The van der Waals surface area contributed by atoms with Gasteiger partial charge in [-0.1, -0.05) is 18.2 Å². The standard InChI is InChI=1S/C12H14Br2N2/c1-15(2)8-7-10-9-5-3-4-6-11(9)16(14)12(10)13/h3-6H,7-8H2,1-2H3. The summed E-state index contributed by atoms with van der Waals surface area (Å²) in [5.74, 6) is 0. The molecule has 1 heterocycles. The third-order valence-corrected chi connectivity index (χ3v) is 4.72. The average molecular weight is 346 g/mol. The van der Waals surface area contributed by atoms with Gasteiger partial charge in [0.2, 0.25) is 0 Å². The van der Waals surface area contributed by atoms with Crippen LogP contribution in [0.15, 0.2) is 28.9 Å². The molecule has 2 aromatic rings. The zero-order valence-electron chi connectivity index (χ0n) is 9.37. The van der Waals surface area contributed by atoms with Gasteiger partial charge >= 0.3 is 0 Å². The molecule has 0 spiro atoms. The quantitative estimate of drug-likeness (QED) is 0.824. The molecule has 0 saturated heterocycles. The molecule has 0 aliphatic heterocycles. The highest BCUT2D eigenvalue weighted by Gasteiger charge is 2.13. The molecule has 0 atom stereocenters. The Labute approximate surface area is 113 Å².